The van der Waals surface area contributed by atoms with Crippen LogP contribution in [0.1, 0.15) is 0 Å². The standard InChI is InChI=1S/CH2N3O4P/c2-1-9(7,8)3-4(5)6/h(H2,3,7,8). The molecule has 1 unspecified atom stereocenters. The summed E-state index contributed by atoms with van der Waals surface area (Å²) < 4.78 is 10.0. The minimum absolute atomic E-state index is 0.831. The van der Waals surface area contributed by atoms with Crippen molar-refractivity contribution in [1.29, 1.82) is 5.26 Å². The molecule has 0 heterocycles. The molecule has 0 aliphatic carbocycles. The molecular weight excluding hydrogens is 149 g/mol. The number of nitrogens with one attached hydrogen (secondary N) is 1. The Labute approximate surface area is 49.5 Å². The van der Waals surface area contributed by atoms with E-state index in [1.807, 2.05) is 0 Å². The lowest BCUT2D eigenvalue weighted by atomic mass is 11.8. The van der Waals surface area contributed by atoms with E-state index in [-0.39, 0.29) is 0 Å². The molecule has 0 spiro atoms. The van der Waals surface area contributed by atoms with Gasteiger partial charge in [-0.15, -0.1) is 0 Å². The molecule has 2 N–H and O–H groups in total. The van der Waals surface area contributed by atoms with Crippen molar-refractivity contribution in [3.63, 3.8) is 0 Å². The SMILES string of the molecule is N#CP(=O)(O)N[N+](=O)[O-]. The quantitative estimate of drug-likeness (QED) is 0.310. The first-order valence-electron chi connectivity index (χ1n) is 1.64. The largest absolute Gasteiger partial charge is 0.441 e. The van der Waals surface area contributed by atoms with Crippen molar-refractivity contribution in [1.82, 2.24) is 5.20 Å². The van der Waals surface area contributed by atoms with Crippen molar-refractivity contribution < 1.29 is 14.5 Å². The van der Waals surface area contributed by atoms with Crippen LogP contribution in [0.2, 0.25) is 0 Å². The Hall–Kier alpha value is -1.12. The van der Waals surface area contributed by atoms with Crippen molar-refractivity contribution >= 4 is 7.52 Å². The molecule has 0 fully saturated rings. The fraction of sp³-hybridized carbons (Fsp3) is 0. The highest BCUT2D eigenvalue weighted by Crippen LogP contribution is 2.31. The normalized spacial score (nSPS) is 15.1. The Morgan fingerprint density at radius 2 is 2.33 bits per heavy atom. The summed E-state index contributed by atoms with van der Waals surface area (Å²) in [6.45, 7) is 0. The number of nitrogens with zero attached hydrogens (tertiary/aromatic N) is 2. The zero-order chi connectivity index (χ0) is 7.49. The molecule has 0 amide bonds. The second kappa shape index (κ2) is 2.44. The van der Waals surface area contributed by atoms with Crippen LogP contribution in [0.15, 0.2) is 0 Å². The summed E-state index contributed by atoms with van der Waals surface area (Å²) in [5, 5.41) is 16.8. The van der Waals surface area contributed by atoms with Gasteiger partial charge in [0.15, 0.2) is 10.8 Å². The first-order chi connectivity index (χ1) is 3.98. The molecule has 0 bridgehead atoms. The maximum atomic E-state index is 10.0. The zero-order valence-electron chi connectivity index (χ0n) is 4.01. The van der Waals surface area contributed by atoms with Gasteiger partial charge >= 0.3 is 7.52 Å². The molecule has 7 nitrogen and oxygen atoms in total. The summed E-state index contributed by atoms with van der Waals surface area (Å²) in [4.78, 5) is 17.5. The first-order valence-corrected chi connectivity index (χ1v) is 3.30. The van der Waals surface area contributed by atoms with E-state index in [0.717, 1.165) is 11.0 Å². The highest BCUT2D eigenvalue weighted by Gasteiger charge is 2.21. The average molecular weight is 151 g/mol. The first kappa shape index (κ1) is 7.88. The minimum atomic E-state index is -4.37. The van der Waals surface area contributed by atoms with Gasteiger partial charge in [0.2, 0.25) is 0 Å². The molecule has 50 valence electrons. The molecule has 0 saturated heterocycles. The lowest BCUT2D eigenvalue weighted by molar-refractivity contribution is -0.521. The van der Waals surface area contributed by atoms with E-state index in [2.05, 4.69) is 0 Å². The van der Waals surface area contributed by atoms with E-state index in [1.54, 1.807) is 0 Å². The molecular formula is CH2N3O4P. The van der Waals surface area contributed by atoms with Crippen molar-refractivity contribution in [3.05, 3.63) is 10.1 Å². The molecule has 8 heteroatoms. The van der Waals surface area contributed by atoms with Gasteiger partial charge in [0.05, 0.1) is 0 Å². The maximum absolute atomic E-state index is 10.0. The van der Waals surface area contributed by atoms with Crippen molar-refractivity contribution in [2.75, 3.05) is 0 Å². The molecule has 0 aromatic carbocycles. The Morgan fingerprint density at radius 3 is 2.44 bits per heavy atom. The molecule has 0 saturated carbocycles. The predicted octanol–water partition coefficient (Wildman–Crippen LogP) is -0.566. The van der Waals surface area contributed by atoms with E-state index >= 15 is 0 Å². The van der Waals surface area contributed by atoms with Crippen LogP contribution >= 0.6 is 7.52 Å². The number of hydrogen-bond acceptors (Lipinski definition) is 4. The van der Waals surface area contributed by atoms with Crippen LogP contribution in [0.4, 0.5) is 0 Å². The summed E-state index contributed by atoms with van der Waals surface area (Å²) in [5.41, 5.74) is 0. The second-order valence-corrected chi connectivity index (χ2v) is 2.59. The molecule has 9 heavy (non-hydrogen) atoms. The van der Waals surface area contributed by atoms with Crippen LogP contribution in [0.25, 0.3) is 0 Å². The van der Waals surface area contributed by atoms with Gasteiger partial charge in [-0.3, -0.25) is 0 Å². The molecule has 1 atom stereocenters. The fourth-order valence-electron chi connectivity index (χ4n) is 0.133. The van der Waals surface area contributed by atoms with Gasteiger partial charge in [0, 0.05) is 0 Å². The van der Waals surface area contributed by atoms with Gasteiger partial charge in [-0.25, -0.2) is 14.7 Å². The lowest BCUT2D eigenvalue weighted by Crippen LogP contribution is -2.16. The van der Waals surface area contributed by atoms with Crippen LogP contribution in [0.3, 0.4) is 0 Å². The maximum Gasteiger partial charge on any atom is 0.441 e. The van der Waals surface area contributed by atoms with Crippen molar-refractivity contribution in [3.8, 4) is 5.81 Å². The Balaban J connectivity index is 4.09. The topological polar surface area (TPSA) is 116 Å². The predicted molar refractivity (Wildman–Crippen MR) is 25.6 cm³/mol. The van der Waals surface area contributed by atoms with Crippen LogP contribution in [0, 0.1) is 21.2 Å². The van der Waals surface area contributed by atoms with Crippen LogP contribution in [-0.2, 0) is 4.57 Å². The number of nitriles is 1. The number of hydrogen-bond donors (Lipinski definition) is 2. The molecule has 0 radical (unpaired) electrons. The third-order valence-electron chi connectivity index (χ3n) is 0.353. The zero-order valence-corrected chi connectivity index (χ0v) is 4.91. The van der Waals surface area contributed by atoms with Gasteiger partial charge in [0.25, 0.3) is 0 Å². The third-order valence-corrected chi connectivity index (χ3v) is 1.06. The summed E-state index contributed by atoms with van der Waals surface area (Å²) in [5.74, 6) is 0.831. The monoisotopic (exact) mass is 151 g/mol. The highest BCUT2D eigenvalue weighted by atomic mass is 31.2. The van der Waals surface area contributed by atoms with Crippen LogP contribution in [-0.4, -0.2) is 9.93 Å². The van der Waals surface area contributed by atoms with Gasteiger partial charge in [-0.1, -0.05) is 0 Å². The molecule has 0 aromatic heterocycles. The number of hydrazine groups is 1. The summed E-state index contributed by atoms with van der Waals surface area (Å²) in [7, 11) is -4.37. The minimum Gasteiger partial charge on any atom is -0.316 e. The van der Waals surface area contributed by atoms with Gasteiger partial charge in [-0.2, -0.15) is 5.26 Å². The summed E-state index contributed by atoms with van der Waals surface area (Å²) in [6.07, 6.45) is 0. The third kappa shape index (κ3) is 3.46. The van der Waals surface area contributed by atoms with E-state index < -0.39 is 12.6 Å². The Bertz CT molecular complexity index is 204. The fourth-order valence-corrected chi connectivity index (χ4v) is 0.399. The summed E-state index contributed by atoms with van der Waals surface area (Å²) >= 11 is 0. The average Bonchev–Trinajstić information content (AvgIpc) is 1.63. The van der Waals surface area contributed by atoms with Gasteiger partial charge in [0.1, 0.15) is 0 Å². The molecule has 0 aromatic rings. The number of nitro groups is 1. The molecule has 0 aliphatic rings. The van der Waals surface area contributed by atoms with Gasteiger partial charge < -0.3 is 4.89 Å². The van der Waals surface area contributed by atoms with Crippen LogP contribution < -0.4 is 5.20 Å². The van der Waals surface area contributed by atoms with Gasteiger partial charge in [-0.05, 0) is 5.20 Å². The second-order valence-electron chi connectivity index (χ2n) is 1.03. The Morgan fingerprint density at radius 1 is 1.89 bits per heavy atom. The van der Waals surface area contributed by atoms with Crippen LogP contribution in [0.5, 0.6) is 0 Å². The Kier molecular flexibility index (Phi) is 2.13. The van der Waals surface area contributed by atoms with E-state index in [4.69, 9.17) is 10.2 Å². The summed E-state index contributed by atoms with van der Waals surface area (Å²) in [6, 6.07) is 0. The molecule has 0 aliphatic heterocycles. The highest BCUT2D eigenvalue weighted by molar-refractivity contribution is 7.60. The lowest BCUT2D eigenvalue weighted by Gasteiger charge is -1.93. The number of rotatable bonds is 2. The van der Waals surface area contributed by atoms with Crippen molar-refractivity contribution in [2.45, 2.75) is 0 Å². The van der Waals surface area contributed by atoms with Crippen molar-refractivity contribution in [2.24, 2.45) is 0 Å². The van der Waals surface area contributed by atoms with E-state index in [9.17, 15) is 14.7 Å². The van der Waals surface area contributed by atoms with E-state index in [0.29, 0.717) is 0 Å². The smallest absolute Gasteiger partial charge is 0.316 e. The molecule has 0 rings (SSSR count). The van der Waals surface area contributed by atoms with E-state index in [1.165, 1.54) is 0 Å².